The summed E-state index contributed by atoms with van der Waals surface area (Å²) in [4.78, 5) is 0. The normalized spacial score (nSPS) is 0. The van der Waals surface area contributed by atoms with E-state index < -0.39 is 0 Å². The second-order valence-corrected chi connectivity index (χ2v) is 0. The van der Waals surface area contributed by atoms with Crippen molar-refractivity contribution < 1.29 is 86.4 Å². The van der Waals surface area contributed by atoms with Crippen molar-refractivity contribution in [1.29, 1.82) is 0 Å². The van der Waals surface area contributed by atoms with Crippen LogP contribution >= 0.6 is 0 Å². The molecule has 5 heteroatoms. The largest absolute Gasteiger partial charge is 0 e. The van der Waals surface area contributed by atoms with Gasteiger partial charge < -0.3 is 5.48 Å². The zero-order valence-electron chi connectivity index (χ0n) is 1.88. The predicted molar refractivity (Wildman–Crippen MR) is 12.2 cm³/mol. The molecule has 5 heavy (non-hydrogen) atoms. The molecule has 30 valence electrons. The zero-order chi connectivity index (χ0) is 0. The molecule has 0 heterocycles. The number of hydrogen-bond donors (Lipinski definition) is 0. The average Bonchev–Trinajstić information content (AvgIpc) is 0. The van der Waals surface area contributed by atoms with Crippen molar-refractivity contribution in [2.75, 3.05) is 0 Å². The van der Waals surface area contributed by atoms with Crippen molar-refractivity contribution in [2.45, 2.75) is 0 Å². The van der Waals surface area contributed by atoms with Crippen LogP contribution in [0.5, 0.6) is 0 Å². The van der Waals surface area contributed by atoms with Gasteiger partial charge in [0.05, 0.1) is 0 Å². The van der Waals surface area contributed by atoms with Crippen LogP contribution in [0.2, 0.25) is 0 Å². The third-order valence-corrected chi connectivity index (χ3v) is 0. The predicted octanol–water partition coefficient (Wildman–Crippen LogP) is -1.75. The Hall–Kier alpha value is 4.21. The van der Waals surface area contributed by atoms with Crippen molar-refractivity contribution in [1.82, 2.24) is 0 Å². The summed E-state index contributed by atoms with van der Waals surface area (Å²) in [5.41, 5.74) is 0. The maximum atomic E-state index is 0. The monoisotopic (exact) mass is 548 g/mol. The minimum Gasteiger partial charge on any atom is 0 e. The quantitative estimate of drug-likeness (QED) is 0.323. The van der Waals surface area contributed by atoms with Crippen LogP contribution in [0.3, 0.4) is 0 Å². The van der Waals surface area contributed by atoms with Gasteiger partial charge in [0.1, 0.15) is 0 Å². The van der Waals surface area contributed by atoms with Crippen LogP contribution in [0.1, 0.15) is 0 Å². The number of hydrogen-bond acceptors (Lipinski definition) is 0. The first-order valence-electron chi connectivity index (χ1n) is 0. The van der Waals surface area contributed by atoms with Crippen molar-refractivity contribution >= 4 is 48.9 Å². The van der Waals surface area contributed by atoms with Gasteiger partial charge in [0.15, 0.2) is 0 Å². The van der Waals surface area contributed by atoms with Crippen LogP contribution in [0.25, 0.3) is 0 Å². The van der Waals surface area contributed by atoms with Crippen LogP contribution < -0.4 is 0 Å². The molecule has 0 fully saturated rings. The first-order chi connectivity index (χ1) is 0. The molecule has 0 aliphatic rings. The average molecular weight is 548 g/mol. The Kier molecular flexibility index (Phi) is 169. The number of rotatable bonds is 0. The Labute approximate surface area is 131 Å². The summed E-state index contributed by atoms with van der Waals surface area (Å²) in [6.45, 7) is 0. The summed E-state index contributed by atoms with van der Waals surface area (Å²) < 4.78 is 0. The minimum atomic E-state index is 0. The van der Waals surface area contributed by atoms with Gasteiger partial charge in [0.2, 0.25) is 0 Å². The molecule has 0 rings (SSSR count). The Morgan fingerprint density at radius 1 is 1.00 bits per heavy atom. The summed E-state index contributed by atoms with van der Waals surface area (Å²) in [6, 6.07) is 0. The first kappa shape index (κ1) is 35.0. The maximum Gasteiger partial charge on any atom is 0 e. The van der Waals surface area contributed by atoms with Crippen LogP contribution in [-0.2, 0) is 49.8 Å². The molecule has 1 nitrogen and oxygen atoms in total. The molecular weight excluding hydrogens is 544 g/mol. The molecule has 2 radical (unpaired) electrons. The van der Waals surface area contributed by atoms with E-state index in [0.29, 0.717) is 0 Å². The molecular formula is H4BaCuOUY. The summed E-state index contributed by atoms with van der Waals surface area (Å²) in [5, 5.41) is 0. The van der Waals surface area contributed by atoms with Gasteiger partial charge in [-0.1, -0.05) is 0 Å². The molecule has 0 aromatic carbocycles. The molecule has 0 aromatic rings. The fraction of sp³-hybridized carbons (Fsp3) is 0. The minimum absolute atomic E-state index is 0. The Morgan fingerprint density at radius 3 is 1.00 bits per heavy atom. The van der Waals surface area contributed by atoms with Crippen molar-refractivity contribution in [3.05, 3.63) is 0 Å². The molecule has 0 amide bonds. The maximum absolute atomic E-state index is 0. The summed E-state index contributed by atoms with van der Waals surface area (Å²) >= 11 is 0. The fourth-order valence-corrected chi connectivity index (χ4v) is 0. The van der Waals surface area contributed by atoms with E-state index in [9.17, 15) is 0 Å². The van der Waals surface area contributed by atoms with Gasteiger partial charge in [-0.05, 0) is 0 Å². The molecule has 0 saturated carbocycles. The standard InChI is InChI=1S/Ba.Cu.H2O.U.Y.2H/h;;1H2;;;;. The smallest absolute Gasteiger partial charge is 0 e. The first-order valence-corrected chi connectivity index (χ1v) is 0. The topological polar surface area (TPSA) is 31.5 Å². The van der Waals surface area contributed by atoms with E-state index in [2.05, 4.69) is 0 Å². The van der Waals surface area contributed by atoms with E-state index in [1.54, 1.807) is 0 Å². The van der Waals surface area contributed by atoms with E-state index in [0.717, 1.165) is 0 Å². The second kappa shape index (κ2) is 24.1. The van der Waals surface area contributed by atoms with Crippen molar-refractivity contribution in [3.8, 4) is 0 Å². The van der Waals surface area contributed by atoms with E-state index in [4.69, 9.17) is 0 Å². The van der Waals surface area contributed by atoms with Crippen molar-refractivity contribution in [2.24, 2.45) is 0 Å². The van der Waals surface area contributed by atoms with Gasteiger partial charge in [0, 0.05) is 80.9 Å². The van der Waals surface area contributed by atoms with Crippen LogP contribution in [0.15, 0.2) is 0 Å². The Morgan fingerprint density at radius 2 is 1.00 bits per heavy atom. The van der Waals surface area contributed by atoms with Gasteiger partial charge in [-0.2, -0.15) is 0 Å². The molecule has 0 aromatic heterocycles. The fourth-order valence-electron chi connectivity index (χ4n) is 0. The molecule has 0 aliphatic carbocycles. The second-order valence-electron chi connectivity index (χ2n) is 0. The Bertz CT molecular complexity index is 11.6. The van der Waals surface area contributed by atoms with E-state index in [-0.39, 0.29) is 135 Å². The van der Waals surface area contributed by atoms with E-state index >= 15 is 0 Å². The Balaban J connectivity index is 0. The van der Waals surface area contributed by atoms with E-state index in [1.807, 2.05) is 0 Å². The molecule has 2 N–H and O–H groups in total. The van der Waals surface area contributed by atoms with Crippen LogP contribution in [0, 0.1) is 31.1 Å². The summed E-state index contributed by atoms with van der Waals surface area (Å²) in [5.74, 6) is 0. The molecule has 0 aliphatic heterocycles. The SMILES string of the molecule is O.[BaH2].[Cu].[U].[Y]. The third-order valence-electron chi connectivity index (χ3n) is 0. The van der Waals surface area contributed by atoms with Crippen LogP contribution in [0.4, 0.5) is 0 Å². The summed E-state index contributed by atoms with van der Waals surface area (Å²) in [6.07, 6.45) is 0. The van der Waals surface area contributed by atoms with Gasteiger partial charge in [0.25, 0.3) is 0 Å². The molecule has 0 atom stereocenters. The molecule has 0 unspecified atom stereocenters. The zero-order valence-corrected chi connectivity index (χ0v) is 9.82. The van der Waals surface area contributed by atoms with Crippen molar-refractivity contribution in [3.63, 3.8) is 0 Å². The third kappa shape index (κ3) is 17.9. The van der Waals surface area contributed by atoms with E-state index in [1.165, 1.54) is 0 Å². The van der Waals surface area contributed by atoms with Crippen LogP contribution in [-0.4, -0.2) is 54.4 Å². The van der Waals surface area contributed by atoms with Gasteiger partial charge in [-0.15, -0.1) is 0 Å². The molecule has 0 bridgehead atoms. The van der Waals surface area contributed by atoms with Gasteiger partial charge >= 0.3 is 48.9 Å². The molecule has 0 spiro atoms. The molecule has 0 saturated heterocycles. The van der Waals surface area contributed by atoms with Gasteiger partial charge in [-0.25, -0.2) is 0 Å². The summed E-state index contributed by atoms with van der Waals surface area (Å²) in [7, 11) is 0. The van der Waals surface area contributed by atoms with Gasteiger partial charge in [-0.3, -0.25) is 0 Å².